The molecular formula is C13H11BF2N2O6S. The number of nitrogens with one attached hydrogen (secondary N) is 1. The van der Waals surface area contributed by atoms with Gasteiger partial charge in [0, 0.05) is 11.7 Å². The van der Waals surface area contributed by atoms with Gasteiger partial charge in [-0.1, -0.05) is 6.07 Å². The van der Waals surface area contributed by atoms with Crippen molar-refractivity contribution in [1.29, 1.82) is 0 Å². The van der Waals surface area contributed by atoms with Crippen LogP contribution in [0.5, 0.6) is 0 Å². The monoisotopic (exact) mass is 372 g/mol. The molecule has 0 amide bonds. The lowest BCUT2D eigenvalue weighted by Crippen LogP contribution is -2.30. The fourth-order valence-corrected chi connectivity index (χ4v) is 2.81. The molecule has 0 spiro atoms. The first-order valence-electron chi connectivity index (χ1n) is 6.58. The third kappa shape index (κ3) is 3.92. The van der Waals surface area contributed by atoms with Crippen molar-refractivity contribution < 1.29 is 36.8 Å². The van der Waals surface area contributed by atoms with Crippen LogP contribution in [0, 0.1) is 11.6 Å². The molecule has 1 aromatic carbocycles. The van der Waals surface area contributed by atoms with Crippen LogP contribution in [-0.4, -0.2) is 43.6 Å². The average Bonchev–Trinajstić information content (AvgIpc) is 2.57. The molecule has 0 aliphatic heterocycles. The van der Waals surface area contributed by atoms with Gasteiger partial charge in [0.05, 0.1) is 12.8 Å². The SMILES string of the molecule is COC(=O)c1c(F)ccc(NS(=O)(=O)c2ccc(B(O)O)cn2)c1F. The predicted molar refractivity (Wildman–Crippen MR) is 82.6 cm³/mol. The van der Waals surface area contributed by atoms with Gasteiger partial charge in [-0.25, -0.2) is 18.6 Å². The molecule has 3 N–H and O–H groups in total. The van der Waals surface area contributed by atoms with Crippen molar-refractivity contribution >= 4 is 34.3 Å². The molecule has 8 nitrogen and oxygen atoms in total. The number of aromatic nitrogens is 1. The number of anilines is 1. The van der Waals surface area contributed by atoms with Crippen molar-refractivity contribution in [3.63, 3.8) is 0 Å². The van der Waals surface area contributed by atoms with Crippen molar-refractivity contribution in [3.05, 3.63) is 47.7 Å². The second-order valence-corrected chi connectivity index (χ2v) is 6.31. The summed E-state index contributed by atoms with van der Waals surface area (Å²) in [5.41, 5.74) is -1.79. The summed E-state index contributed by atoms with van der Waals surface area (Å²) >= 11 is 0. The smallest absolute Gasteiger partial charge is 0.465 e. The molecule has 25 heavy (non-hydrogen) atoms. The van der Waals surface area contributed by atoms with Crippen LogP contribution >= 0.6 is 0 Å². The first-order valence-corrected chi connectivity index (χ1v) is 8.07. The molecule has 0 atom stereocenters. The number of benzene rings is 1. The maximum absolute atomic E-state index is 14.2. The Balaban J connectivity index is 2.39. The van der Waals surface area contributed by atoms with Gasteiger partial charge in [0.1, 0.15) is 11.4 Å². The van der Waals surface area contributed by atoms with E-state index < -0.39 is 51.0 Å². The Labute approximate surface area is 141 Å². The Hall–Kier alpha value is -2.57. The number of hydrogen-bond acceptors (Lipinski definition) is 7. The molecule has 0 radical (unpaired) electrons. The van der Waals surface area contributed by atoms with Crippen LogP contribution in [0.1, 0.15) is 10.4 Å². The Kier molecular flexibility index (Phi) is 5.35. The maximum atomic E-state index is 14.2. The Bertz CT molecular complexity index is 905. The summed E-state index contributed by atoms with van der Waals surface area (Å²) in [7, 11) is -5.30. The minimum absolute atomic E-state index is 0.0557. The summed E-state index contributed by atoms with van der Waals surface area (Å²) in [4.78, 5) is 14.9. The quantitative estimate of drug-likeness (QED) is 0.483. The van der Waals surface area contributed by atoms with E-state index in [0.717, 1.165) is 31.5 Å². The van der Waals surface area contributed by atoms with Gasteiger partial charge in [-0.15, -0.1) is 0 Å². The highest BCUT2D eigenvalue weighted by Crippen LogP contribution is 2.24. The zero-order chi connectivity index (χ0) is 18.8. The van der Waals surface area contributed by atoms with Gasteiger partial charge in [-0.3, -0.25) is 4.72 Å². The maximum Gasteiger partial charge on any atom is 0.490 e. The largest absolute Gasteiger partial charge is 0.490 e. The number of nitrogens with zero attached hydrogens (tertiary/aromatic N) is 1. The molecule has 2 rings (SSSR count). The topological polar surface area (TPSA) is 126 Å². The third-order valence-corrected chi connectivity index (χ3v) is 4.34. The Morgan fingerprint density at radius 1 is 1.24 bits per heavy atom. The summed E-state index contributed by atoms with van der Waals surface area (Å²) < 4.78 is 58.3. The van der Waals surface area contributed by atoms with E-state index in [2.05, 4.69) is 9.72 Å². The van der Waals surface area contributed by atoms with Crippen molar-refractivity contribution in [2.45, 2.75) is 5.03 Å². The van der Waals surface area contributed by atoms with E-state index in [4.69, 9.17) is 10.0 Å². The minimum atomic E-state index is -4.38. The lowest BCUT2D eigenvalue weighted by Gasteiger charge is -2.11. The van der Waals surface area contributed by atoms with Crippen molar-refractivity contribution in [1.82, 2.24) is 4.98 Å². The molecule has 1 heterocycles. The van der Waals surface area contributed by atoms with Crippen LogP contribution in [0.25, 0.3) is 0 Å². The summed E-state index contributed by atoms with van der Waals surface area (Å²) in [6, 6.07) is 3.54. The van der Waals surface area contributed by atoms with E-state index in [1.807, 2.05) is 4.72 Å². The van der Waals surface area contributed by atoms with Crippen molar-refractivity contribution in [3.8, 4) is 0 Å². The second-order valence-electron chi connectivity index (χ2n) is 4.68. The Morgan fingerprint density at radius 3 is 2.44 bits per heavy atom. The minimum Gasteiger partial charge on any atom is -0.465 e. The predicted octanol–water partition coefficient (Wildman–Crippen LogP) is -0.373. The number of rotatable bonds is 5. The first kappa shape index (κ1) is 18.8. The molecule has 2 aromatic rings. The molecule has 0 aliphatic rings. The summed E-state index contributed by atoms with van der Waals surface area (Å²) in [6.45, 7) is 0. The van der Waals surface area contributed by atoms with Crippen LogP contribution < -0.4 is 10.2 Å². The highest BCUT2D eigenvalue weighted by atomic mass is 32.2. The van der Waals surface area contributed by atoms with E-state index in [-0.39, 0.29) is 5.46 Å². The molecule has 0 saturated heterocycles. The number of pyridine rings is 1. The number of ether oxygens (including phenoxy) is 1. The number of carbonyl (C=O) groups excluding carboxylic acids is 1. The first-order chi connectivity index (χ1) is 11.7. The fourth-order valence-electron chi connectivity index (χ4n) is 1.82. The molecule has 0 saturated carbocycles. The number of sulfonamides is 1. The van der Waals surface area contributed by atoms with Crippen molar-refractivity contribution in [2.75, 3.05) is 11.8 Å². The molecule has 12 heteroatoms. The molecule has 0 bridgehead atoms. The van der Waals surface area contributed by atoms with E-state index in [1.54, 1.807) is 0 Å². The second kappa shape index (κ2) is 7.13. The van der Waals surface area contributed by atoms with Crippen LogP contribution in [-0.2, 0) is 14.8 Å². The summed E-state index contributed by atoms with van der Waals surface area (Å²) in [6.07, 6.45) is 0.903. The van der Waals surface area contributed by atoms with Crippen LogP contribution in [0.4, 0.5) is 14.5 Å². The number of hydrogen-bond donors (Lipinski definition) is 3. The average molecular weight is 372 g/mol. The third-order valence-electron chi connectivity index (χ3n) is 3.06. The molecule has 1 aromatic heterocycles. The lowest BCUT2D eigenvalue weighted by molar-refractivity contribution is 0.0590. The number of carbonyl (C=O) groups is 1. The Morgan fingerprint density at radius 2 is 1.92 bits per heavy atom. The standard InChI is InChI=1S/C13H11BF2N2O6S/c1-24-13(19)11-8(15)3-4-9(12(11)16)18-25(22,23)10-5-2-7(6-17-10)14(20)21/h2-6,18,20-21H,1H3. The zero-order valence-electron chi connectivity index (χ0n) is 12.6. The highest BCUT2D eigenvalue weighted by molar-refractivity contribution is 7.92. The normalized spacial score (nSPS) is 11.1. The van der Waals surface area contributed by atoms with Crippen LogP contribution in [0.2, 0.25) is 0 Å². The lowest BCUT2D eigenvalue weighted by atomic mass is 9.82. The van der Waals surface area contributed by atoms with Gasteiger partial charge in [0.2, 0.25) is 0 Å². The number of halogens is 2. The molecule has 0 aliphatic carbocycles. The van der Waals surface area contributed by atoms with Gasteiger partial charge < -0.3 is 14.8 Å². The molecular weight excluding hydrogens is 361 g/mol. The summed E-state index contributed by atoms with van der Waals surface area (Å²) in [5.74, 6) is -3.97. The zero-order valence-corrected chi connectivity index (χ0v) is 13.4. The van der Waals surface area contributed by atoms with Crippen LogP contribution in [0.3, 0.4) is 0 Å². The number of esters is 1. The van der Waals surface area contributed by atoms with E-state index >= 15 is 0 Å². The molecule has 132 valence electrons. The van der Waals surface area contributed by atoms with E-state index in [9.17, 15) is 22.0 Å². The van der Waals surface area contributed by atoms with Gasteiger partial charge >= 0.3 is 13.1 Å². The summed E-state index contributed by atoms with van der Waals surface area (Å²) in [5, 5.41) is 17.3. The highest BCUT2D eigenvalue weighted by Gasteiger charge is 2.25. The molecule has 0 unspecified atom stereocenters. The van der Waals surface area contributed by atoms with Gasteiger partial charge in [0.25, 0.3) is 10.0 Å². The van der Waals surface area contributed by atoms with Gasteiger partial charge in [-0.2, -0.15) is 8.42 Å². The molecule has 0 fully saturated rings. The fraction of sp³-hybridized carbons (Fsp3) is 0.0769. The van der Waals surface area contributed by atoms with E-state index in [0.29, 0.717) is 6.07 Å². The van der Waals surface area contributed by atoms with Gasteiger partial charge in [0.15, 0.2) is 10.8 Å². The van der Waals surface area contributed by atoms with Gasteiger partial charge in [-0.05, 0) is 18.2 Å². The van der Waals surface area contributed by atoms with E-state index in [1.165, 1.54) is 0 Å². The van der Waals surface area contributed by atoms with Crippen molar-refractivity contribution in [2.24, 2.45) is 0 Å². The van der Waals surface area contributed by atoms with Crippen LogP contribution in [0.15, 0.2) is 35.5 Å². The number of methoxy groups -OCH3 is 1.